The summed E-state index contributed by atoms with van der Waals surface area (Å²) in [6.45, 7) is 5.73. The largest absolute Gasteiger partial charge is 0.495 e. The monoisotopic (exact) mass is 670 g/mol. The van der Waals surface area contributed by atoms with Crippen molar-refractivity contribution in [3.05, 3.63) is 54.0 Å². The molecule has 3 aromatic rings. The Kier molecular flexibility index (Phi) is 10.2. The number of piperazine rings is 1. The number of ether oxygens (including phenoxy) is 2. The number of methoxy groups -OCH3 is 1. The van der Waals surface area contributed by atoms with Gasteiger partial charge in [-0.05, 0) is 108 Å². The highest BCUT2D eigenvalue weighted by molar-refractivity contribution is 5.94. The highest BCUT2D eigenvalue weighted by Gasteiger charge is 2.35. The van der Waals surface area contributed by atoms with E-state index in [-0.39, 0.29) is 24.0 Å². The molecule has 3 aliphatic carbocycles. The van der Waals surface area contributed by atoms with Crippen LogP contribution in [0, 0.1) is 18.8 Å². The lowest BCUT2D eigenvalue weighted by atomic mass is 9.79. The maximum atomic E-state index is 14.4. The van der Waals surface area contributed by atoms with Crippen molar-refractivity contribution in [2.24, 2.45) is 11.8 Å². The average molecular weight is 671 g/mol. The molecule has 7 rings (SSSR count). The number of amides is 2. The SMILES string of the molecule is COc1ccc(C2CCC(CN(C(=O)C3CCC(OC(=O)N4CCN(C)CC4)CC3)c3cc(-c4coc(C5CC5)n4)ccn3)CC2)nc1C. The van der Waals surface area contributed by atoms with E-state index in [2.05, 4.69) is 18.0 Å². The van der Waals surface area contributed by atoms with Crippen LogP contribution in [0.15, 0.2) is 41.1 Å². The molecule has 2 amide bonds. The predicted molar refractivity (Wildman–Crippen MR) is 186 cm³/mol. The van der Waals surface area contributed by atoms with Gasteiger partial charge in [-0.25, -0.2) is 14.8 Å². The van der Waals surface area contributed by atoms with Crippen molar-refractivity contribution < 1.29 is 23.5 Å². The van der Waals surface area contributed by atoms with Gasteiger partial charge in [-0.3, -0.25) is 14.7 Å². The van der Waals surface area contributed by atoms with E-state index >= 15 is 0 Å². The summed E-state index contributed by atoms with van der Waals surface area (Å²) < 4.78 is 17.1. The van der Waals surface area contributed by atoms with Gasteiger partial charge in [0.1, 0.15) is 29.6 Å². The van der Waals surface area contributed by atoms with Gasteiger partial charge in [-0.2, -0.15) is 0 Å². The molecule has 0 aromatic carbocycles. The van der Waals surface area contributed by atoms with E-state index in [4.69, 9.17) is 28.8 Å². The van der Waals surface area contributed by atoms with Crippen LogP contribution in [-0.4, -0.2) is 89.7 Å². The Balaban J connectivity index is 1.03. The molecule has 4 heterocycles. The first-order valence-corrected chi connectivity index (χ1v) is 18.2. The number of carbonyl (C=O) groups is 2. The third-order valence-electron chi connectivity index (χ3n) is 11.1. The Morgan fingerprint density at radius 2 is 1.65 bits per heavy atom. The minimum Gasteiger partial charge on any atom is -0.495 e. The molecule has 3 saturated carbocycles. The fourth-order valence-corrected chi connectivity index (χ4v) is 7.72. The number of hydrogen-bond acceptors (Lipinski definition) is 9. The van der Waals surface area contributed by atoms with Gasteiger partial charge in [0.2, 0.25) is 5.91 Å². The molecule has 1 saturated heterocycles. The Morgan fingerprint density at radius 1 is 0.918 bits per heavy atom. The molecule has 0 N–H and O–H groups in total. The van der Waals surface area contributed by atoms with E-state index in [0.717, 1.165) is 85.9 Å². The summed E-state index contributed by atoms with van der Waals surface area (Å²) in [4.78, 5) is 47.6. The molecule has 11 heteroatoms. The van der Waals surface area contributed by atoms with E-state index in [1.54, 1.807) is 24.5 Å². The topological polar surface area (TPSA) is 114 Å². The highest BCUT2D eigenvalue weighted by Crippen LogP contribution is 2.41. The minimum atomic E-state index is -0.223. The number of rotatable bonds is 9. The maximum absolute atomic E-state index is 14.4. The third-order valence-corrected chi connectivity index (χ3v) is 11.1. The fraction of sp³-hybridized carbons (Fsp3) is 0.605. The van der Waals surface area contributed by atoms with E-state index in [1.807, 2.05) is 30.0 Å². The lowest BCUT2D eigenvalue weighted by Gasteiger charge is -2.36. The van der Waals surface area contributed by atoms with Gasteiger partial charge in [0.05, 0.1) is 12.8 Å². The van der Waals surface area contributed by atoms with E-state index < -0.39 is 0 Å². The number of pyridine rings is 2. The number of anilines is 1. The van der Waals surface area contributed by atoms with E-state index in [0.29, 0.717) is 68.9 Å². The van der Waals surface area contributed by atoms with Crippen molar-refractivity contribution in [1.82, 2.24) is 24.8 Å². The number of nitrogens with zero attached hydrogens (tertiary/aromatic N) is 6. The summed E-state index contributed by atoms with van der Waals surface area (Å²) in [7, 11) is 3.75. The molecule has 262 valence electrons. The van der Waals surface area contributed by atoms with Crippen LogP contribution in [0.4, 0.5) is 10.6 Å². The van der Waals surface area contributed by atoms with Gasteiger partial charge in [-0.1, -0.05) is 0 Å². The van der Waals surface area contributed by atoms with Crippen LogP contribution in [0.25, 0.3) is 11.3 Å². The molecule has 49 heavy (non-hydrogen) atoms. The Morgan fingerprint density at radius 3 is 2.35 bits per heavy atom. The second kappa shape index (κ2) is 14.9. The number of aryl methyl sites for hydroxylation is 1. The van der Waals surface area contributed by atoms with Crippen molar-refractivity contribution in [3.63, 3.8) is 0 Å². The summed E-state index contributed by atoms with van der Waals surface area (Å²) >= 11 is 0. The molecule has 1 aliphatic heterocycles. The Bertz CT molecular complexity index is 1600. The van der Waals surface area contributed by atoms with Crippen LogP contribution < -0.4 is 9.64 Å². The van der Waals surface area contributed by atoms with Crippen LogP contribution in [0.1, 0.15) is 93.3 Å². The molecule has 0 radical (unpaired) electrons. The molecule has 0 spiro atoms. The Hall–Kier alpha value is -3.99. The zero-order chi connectivity index (χ0) is 33.9. The first-order valence-electron chi connectivity index (χ1n) is 18.2. The van der Waals surface area contributed by atoms with Crippen molar-refractivity contribution in [2.75, 3.05) is 51.8 Å². The van der Waals surface area contributed by atoms with Gasteiger partial charge in [-0.15, -0.1) is 0 Å². The summed E-state index contributed by atoms with van der Waals surface area (Å²) in [6, 6.07) is 8.05. The van der Waals surface area contributed by atoms with Crippen molar-refractivity contribution in [1.29, 1.82) is 0 Å². The van der Waals surface area contributed by atoms with Crippen molar-refractivity contribution >= 4 is 17.8 Å². The molecule has 0 unspecified atom stereocenters. The molecular formula is C38H50N6O5. The van der Waals surface area contributed by atoms with Crippen LogP contribution in [0.5, 0.6) is 5.75 Å². The second-order valence-electron chi connectivity index (χ2n) is 14.6. The van der Waals surface area contributed by atoms with Crippen LogP contribution in [-0.2, 0) is 9.53 Å². The molecular weight excluding hydrogens is 620 g/mol. The molecule has 4 fully saturated rings. The van der Waals surface area contributed by atoms with Gasteiger partial charge < -0.3 is 23.7 Å². The van der Waals surface area contributed by atoms with Gasteiger partial charge in [0.25, 0.3) is 0 Å². The normalized spacial score (nSPS) is 24.8. The average Bonchev–Trinajstić information content (AvgIpc) is 3.86. The van der Waals surface area contributed by atoms with Crippen LogP contribution in [0.2, 0.25) is 0 Å². The van der Waals surface area contributed by atoms with Gasteiger partial charge in [0, 0.05) is 67.9 Å². The first-order chi connectivity index (χ1) is 23.8. The number of likely N-dealkylation sites (N-methyl/N-ethyl adjacent to an activating group) is 1. The summed E-state index contributed by atoms with van der Waals surface area (Å²) in [5.41, 5.74) is 3.73. The number of carbonyl (C=O) groups excluding carboxylic acids is 2. The number of aromatic nitrogens is 3. The predicted octanol–water partition coefficient (Wildman–Crippen LogP) is 6.58. The van der Waals surface area contributed by atoms with Crippen molar-refractivity contribution in [2.45, 2.75) is 89.1 Å². The van der Waals surface area contributed by atoms with Gasteiger partial charge >= 0.3 is 6.09 Å². The molecule has 0 bridgehead atoms. The molecule has 3 aromatic heterocycles. The Labute approximate surface area is 289 Å². The smallest absolute Gasteiger partial charge is 0.410 e. The van der Waals surface area contributed by atoms with Crippen LogP contribution in [0.3, 0.4) is 0 Å². The lowest BCUT2D eigenvalue weighted by molar-refractivity contribution is -0.124. The van der Waals surface area contributed by atoms with Gasteiger partial charge in [0.15, 0.2) is 5.89 Å². The lowest BCUT2D eigenvalue weighted by Crippen LogP contribution is -2.48. The van der Waals surface area contributed by atoms with E-state index in [1.165, 1.54) is 0 Å². The van der Waals surface area contributed by atoms with Crippen molar-refractivity contribution in [3.8, 4) is 17.0 Å². The summed E-state index contributed by atoms with van der Waals surface area (Å²) in [5.74, 6) is 3.44. The zero-order valence-corrected chi connectivity index (χ0v) is 29.2. The standard InChI is InChI=1S/C38H50N6O5/c1-25-34(47-3)15-14-32(40-25)27-6-4-26(5-7-27)23-44(35-22-30(16-17-39-35)33-24-48-36(41-33)28-8-9-28)37(45)29-10-12-31(13-11-29)49-38(46)43-20-18-42(2)19-21-43/h14-17,22,24,26-29,31H,4-13,18-21,23H2,1-3H3. The number of hydrogen-bond donors (Lipinski definition) is 0. The number of oxazole rings is 1. The molecule has 0 atom stereocenters. The van der Waals surface area contributed by atoms with Crippen LogP contribution >= 0.6 is 0 Å². The highest BCUT2D eigenvalue weighted by atomic mass is 16.6. The first kappa shape index (κ1) is 33.5. The summed E-state index contributed by atoms with van der Waals surface area (Å²) in [6.07, 6.45) is 12.2. The molecule has 11 nitrogen and oxygen atoms in total. The fourth-order valence-electron chi connectivity index (χ4n) is 7.72. The quantitative estimate of drug-likeness (QED) is 0.249. The molecule has 4 aliphatic rings. The van der Waals surface area contributed by atoms with E-state index in [9.17, 15) is 9.59 Å². The maximum Gasteiger partial charge on any atom is 0.410 e. The third kappa shape index (κ3) is 7.92. The second-order valence-corrected chi connectivity index (χ2v) is 14.6. The minimum absolute atomic E-state index is 0.113. The summed E-state index contributed by atoms with van der Waals surface area (Å²) in [5, 5.41) is 0. The zero-order valence-electron chi connectivity index (χ0n) is 29.2.